The summed E-state index contributed by atoms with van der Waals surface area (Å²) in [7, 11) is 0. The van der Waals surface area contributed by atoms with Gasteiger partial charge in [0.25, 0.3) is 0 Å². The van der Waals surface area contributed by atoms with Crippen molar-refractivity contribution in [1.82, 2.24) is 15.5 Å². The largest absolute Gasteiger partial charge is 0.353 e. The van der Waals surface area contributed by atoms with Crippen LogP contribution in [0.4, 0.5) is 0 Å². The monoisotopic (exact) mass is 293 g/mol. The molecule has 2 heterocycles. The first-order valence-electron chi connectivity index (χ1n) is 9.07. The van der Waals surface area contributed by atoms with Gasteiger partial charge in [-0.1, -0.05) is 12.8 Å². The van der Waals surface area contributed by atoms with E-state index >= 15 is 0 Å². The van der Waals surface area contributed by atoms with Crippen LogP contribution in [-0.2, 0) is 4.79 Å². The Morgan fingerprint density at radius 1 is 1.05 bits per heavy atom. The van der Waals surface area contributed by atoms with E-state index in [2.05, 4.69) is 15.5 Å². The fourth-order valence-electron chi connectivity index (χ4n) is 4.01. The Hall–Kier alpha value is -0.610. The van der Waals surface area contributed by atoms with E-state index in [0.29, 0.717) is 12.5 Å². The molecule has 0 aromatic carbocycles. The van der Waals surface area contributed by atoms with Crippen LogP contribution in [0.5, 0.6) is 0 Å². The smallest absolute Gasteiger partial charge is 0.221 e. The molecule has 4 heteroatoms. The molecular weight excluding hydrogens is 262 g/mol. The average molecular weight is 293 g/mol. The number of nitrogens with one attached hydrogen (secondary N) is 2. The number of hydrogen-bond donors (Lipinski definition) is 2. The second kappa shape index (κ2) is 7.59. The second-order valence-corrected chi connectivity index (χ2v) is 7.13. The summed E-state index contributed by atoms with van der Waals surface area (Å²) in [5, 5.41) is 6.61. The molecule has 1 atom stereocenters. The van der Waals surface area contributed by atoms with Gasteiger partial charge in [0.1, 0.15) is 0 Å². The SMILES string of the molecule is O=C(CCN1CCCCCC1C1CCNCC1)NC1CC1. The first-order chi connectivity index (χ1) is 10.3. The molecule has 0 spiro atoms. The minimum Gasteiger partial charge on any atom is -0.353 e. The van der Waals surface area contributed by atoms with E-state index < -0.39 is 0 Å². The minimum absolute atomic E-state index is 0.269. The van der Waals surface area contributed by atoms with E-state index in [0.717, 1.165) is 18.5 Å². The number of amides is 1. The highest BCUT2D eigenvalue weighted by atomic mass is 16.1. The summed E-state index contributed by atoms with van der Waals surface area (Å²) in [5.74, 6) is 1.11. The third-order valence-corrected chi connectivity index (χ3v) is 5.41. The van der Waals surface area contributed by atoms with E-state index in [1.807, 2.05) is 0 Å². The number of rotatable bonds is 5. The lowest BCUT2D eigenvalue weighted by Gasteiger charge is -2.38. The van der Waals surface area contributed by atoms with Crippen molar-refractivity contribution in [3.8, 4) is 0 Å². The molecule has 2 aliphatic heterocycles. The zero-order valence-electron chi connectivity index (χ0n) is 13.3. The molecule has 21 heavy (non-hydrogen) atoms. The lowest BCUT2D eigenvalue weighted by Crippen LogP contribution is -2.45. The number of hydrogen-bond acceptors (Lipinski definition) is 3. The second-order valence-electron chi connectivity index (χ2n) is 7.13. The minimum atomic E-state index is 0.269. The molecule has 0 aromatic rings. The van der Waals surface area contributed by atoms with Gasteiger partial charge in [-0.2, -0.15) is 0 Å². The van der Waals surface area contributed by atoms with Crippen LogP contribution in [0.3, 0.4) is 0 Å². The van der Waals surface area contributed by atoms with Gasteiger partial charge in [-0.05, 0) is 64.1 Å². The standard InChI is InChI=1S/C17H31N3O/c21-17(19-15-5-6-15)9-13-20-12-3-1-2-4-16(20)14-7-10-18-11-8-14/h14-16,18H,1-13H2,(H,19,21). The molecule has 0 aromatic heterocycles. The Morgan fingerprint density at radius 2 is 1.86 bits per heavy atom. The van der Waals surface area contributed by atoms with Gasteiger partial charge >= 0.3 is 0 Å². The Bertz CT molecular complexity index is 337. The molecule has 2 N–H and O–H groups in total. The van der Waals surface area contributed by atoms with E-state index in [-0.39, 0.29) is 5.91 Å². The first-order valence-corrected chi connectivity index (χ1v) is 9.07. The van der Waals surface area contributed by atoms with Crippen LogP contribution in [-0.4, -0.2) is 49.1 Å². The van der Waals surface area contributed by atoms with Crippen molar-refractivity contribution in [2.75, 3.05) is 26.2 Å². The summed E-state index contributed by atoms with van der Waals surface area (Å²) in [4.78, 5) is 14.6. The van der Waals surface area contributed by atoms with Gasteiger partial charge in [-0.15, -0.1) is 0 Å². The Kier molecular flexibility index (Phi) is 5.53. The third kappa shape index (κ3) is 4.68. The molecular formula is C17H31N3O. The van der Waals surface area contributed by atoms with Crippen LogP contribution < -0.4 is 10.6 Å². The van der Waals surface area contributed by atoms with Gasteiger partial charge in [-0.25, -0.2) is 0 Å². The van der Waals surface area contributed by atoms with Crippen LogP contribution in [0.2, 0.25) is 0 Å². The zero-order valence-corrected chi connectivity index (χ0v) is 13.3. The van der Waals surface area contributed by atoms with Gasteiger partial charge in [0, 0.05) is 25.0 Å². The molecule has 1 amide bonds. The molecule has 1 aliphatic carbocycles. The van der Waals surface area contributed by atoms with Crippen LogP contribution in [0.15, 0.2) is 0 Å². The van der Waals surface area contributed by atoms with E-state index in [1.165, 1.54) is 71.0 Å². The predicted octanol–water partition coefficient (Wildman–Crippen LogP) is 1.90. The lowest BCUT2D eigenvalue weighted by molar-refractivity contribution is -0.121. The van der Waals surface area contributed by atoms with Crippen LogP contribution in [0.1, 0.15) is 57.8 Å². The normalized spacial score (nSPS) is 29.0. The van der Waals surface area contributed by atoms with Crippen LogP contribution in [0, 0.1) is 5.92 Å². The van der Waals surface area contributed by atoms with Crippen molar-refractivity contribution < 1.29 is 4.79 Å². The lowest BCUT2D eigenvalue weighted by atomic mass is 9.87. The third-order valence-electron chi connectivity index (χ3n) is 5.41. The summed E-state index contributed by atoms with van der Waals surface area (Å²) < 4.78 is 0. The Labute approximate surface area is 129 Å². The number of carbonyl (C=O) groups excluding carboxylic acids is 1. The summed E-state index contributed by atoms with van der Waals surface area (Å²) >= 11 is 0. The molecule has 4 nitrogen and oxygen atoms in total. The van der Waals surface area contributed by atoms with Crippen molar-refractivity contribution in [3.63, 3.8) is 0 Å². The van der Waals surface area contributed by atoms with E-state index in [9.17, 15) is 4.79 Å². The van der Waals surface area contributed by atoms with Gasteiger partial charge in [0.05, 0.1) is 0 Å². The van der Waals surface area contributed by atoms with Gasteiger partial charge in [0.15, 0.2) is 0 Å². The van der Waals surface area contributed by atoms with Crippen molar-refractivity contribution in [2.24, 2.45) is 5.92 Å². The summed E-state index contributed by atoms with van der Waals surface area (Å²) in [6, 6.07) is 1.23. The first kappa shape index (κ1) is 15.3. The maximum absolute atomic E-state index is 12.0. The van der Waals surface area contributed by atoms with Crippen molar-refractivity contribution in [2.45, 2.75) is 69.9 Å². The van der Waals surface area contributed by atoms with E-state index in [4.69, 9.17) is 0 Å². The highest BCUT2D eigenvalue weighted by Crippen LogP contribution is 2.28. The number of nitrogens with zero attached hydrogens (tertiary/aromatic N) is 1. The Morgan fingerprint density at radius 3 is 2.62 bits per heavy atom. The topological polar surface area (TPSA) is 44.4 Å². The highest BCUT2D eigenvalue weighted by molar-refractivity contribution is 5.76. The van der Waals surface area contributed by atoms with Gasteiger partial charge < -0.3 is 10.6 Å². The van der Waals surface area contributed by atoms with Crippen LogP contribution >= 0.6 is 0 Å². The van der Waals surface area contributed by atoms with Crippen molar-refractivity contribution >= 4 is 5.91 Å². The van der Waals surface area contributed by atoms with Crippen molar-refractivity contribution in [1.29, 1.82) is 0 Å². The fourth-order valence-corrected chi connectivity index (χ4v) is 4.01. The highest BCUT2D eigenvalue weighted by Gasteiger charge is 2.30. The van der Waals surface area contributed by atoms with Crippen molar-refractivity contribution in [3.05, 3.63) is 0 Å². The quantitative estimate of drug-likeness (QED) is 0.814. The maximum atomic E-state index is 12.0. The fraction of sp³-hybridized carbons (Fsp3) is 0.941. The molecule has 3 aliphatic rings. The Balaban J connectivity index is 1.51. The predicted molar refractivity (Wildman–Crippen MR) is 85.2 cm³/mol. The molecule has 3 fully saturated rings. The molecule has 1 unspecified atom stereocenters. The summed E-state index contributed by atoms with van der Waals surface area (Å²) in [5.41, 5.74) is 0. The summed E-state index contributed by atoms with van der Waals surface area (Å²) in [6.45, 7) is 4.52. The molecule has 1 saturated carbocycles. The maximum Gasteiger partial charge on any atom is 0.221 e. The number of piperidine rings is 1. The molecule has 3 rings (SSSR count). The van der Waals surface area contributed by atoms with Gasteiger partial charge in [-0.3, -0.25) is 9.69 Å². The average Bonchev–Trinajstić information content (AvgIpc) is 3.32. The molecule has 0 bridgehead atoms. The molecule has 2 saturated heterocycles. The number of likely N-dealkylation sites (tertiary alicyclic amines) is 1. The van der Waals surface area contributed by atoms with Gasteiger partial charge in [0.2, 0.25) is 5.91 Å². The summed E-state index contributed by atoms with van der Waals surface area (Å²) in [6.07, 6.45) is 11.1. The van der Waals surface area contributed by atoms with E-state index in [1.54, 1.807) is 0 Å². The zero-order chi connectivity index (χ0) is 14.5. The number of carbonyl (C=O) groups is 1. The molecule has 120 valence electrons. The molecule has 0 radical (unpaired) electrons. The van der Waals surface area contributed by atoms with Crippen LogP contribution in [0.25, 0.3) is 0 Å².